The van der Waals surface area contributed by atoms with E-state index in [0.717, 1.165) is 33.6 Å². The van der Waals surface area contributed by atoms with E-state index < -0.39 is 11.9 Å². The Hall–Kier alpha value is -4.20. The fourth-order valence-electron chi connectivity index (χ4n) is 3.86. The van der Waals surface area contributed by atoms with Gasteiger partial charge in [0.1, 0.15) is 11.6 Å². The lowest BCUT2D eigenvalue weighted by molar-refractivity contribution is -0.138. The van der Waals surface area contributed by atoms with Crippen molar-refractivity contribution in [3.05, 3.63) is 72.6 Å². The van der Waals surface area contributed by atoms with Crippen LogP contribution in [0.4, 0.5) is 0 Å². The molecule has 174 valence electrons. The van der Waals surface area contributed by atoms with Crippen LogP contribution in [0.2, 0.25) is 0 Å². The van der Waals surface area contributed by atoms with Crippen molar-refractivity contribution in [3.8, 4) is 33.6 Å². The molecule has 0 saturated carbocycles. The van der Waals surface area contributed by atoms with Crippen molar-refractivity contribution < 1.29 is 19.8 Å². The number of imidazole rings is 2. The maximum Gasteiger partial charge on any atom is 0.304 e. The number of carboxylic acid groups (broad SMARTS) is 2. The highest BCUT2D eigenvalue weighted by Gasteiger charge is 2.15. The topological polar surface area (TPSA) is 132 Å². The Morgan fingerprint density at radius 3 is 1.32 bits per heavy atom. The first-order valence-electron chi connectivity index (χ1n) is 11.1. The first kappa shape index (κ1) is 23.0. The van der Waals surface area contributed by atoms with Crippen LogP contribution in [0.3, 0.4) is 0 Å². The lowest BCUT2D eigenvalue weighted by Crippen LogP contribution is -2.04. The van der Waals surface area contributed by atoms with Gasteiger partial charge in [0.15, 0.2) is 0 Å². The van der Waals surface area contributed by atoms with Gasteiger partial charge in [0.2, 0.25) is 0 Å². The van der Waals surface area contributed by atoms with E-state index in [0.29, 0.717) is 11.6 Å². The number of aromatic nitrogens is 4. The van der Waals surface area contributed by atoms with Crippen molar-refractivity contribution >= 4 is 11.9 Å². The smallest absolute Gasteiger partial charge is 0.304 e. The van der Waals surface area contributed by atoms with Gasteiger partial charge in [-0.15, -0.1) is 0 Å². The summed E-state index contributed by atoms with van der Waals surface area (Å²) in [7, 11) is 0. The molecule has 0 bridgehead atoms. The van der Waals surface area contributed by atoms with Gasteiger partial charge in [0.05, 0.1) is 24.2 Å². The molecular formula is C26H26N4O4. The molecule has 8 nitrogen and oxygen atoms in total. The third-order valence-corrected chi connectivity index (χ3v) is 5.79. The molecule has 34 heavy (non-hydrogen) atoms. The van der Waals surface area contributed by atoms with Crippen LogP contribution in [0.5, 0.6) is 0 Å². The molecule has 8 heteroatoms. The van der Waals surface area contributed by atoms with E-state index in [1.807, 2.05) is 62.4 Å². The van der Waals surface area contributed by atoms with Crippen LogP contribution in [-0.2, 0) is 9.59 Å². The van der Waals surface area contributed by atoms with E-state index in [2.05, 4.69) is 19.9 Å². The second-order valence-corrected chi connectivity index (χ2v) is 8.49. The molecule has 2 heterocycles. The molecule has 0 fully saturated rings. The summed E-state index contributed by atoms with van der Waals surface area (Å²) in [6.07, 6.45) is 3.66. The van der Waals surface area contributed by atoms with Crippen LogP contribution in [0.15, 0.2) is 60.9 Å². The van der Waals surface area contributed by atoms with Crippen molar-refractivity contribution in [1.82, 2.24) is 19.9 Å². The highest BCUT2D eigenvalue weighted by atomic mass is 16.4. The average molecular weight is 459 g/mol. The molecule has 0 aliphatic carbocycles. The molecule has 4 aromatic rings. The summed E-state index contributed by atoms with van der Waals surface area (Å²) in [4.78, 5) is 37.1. The van der Waals surface area contributed by atoms with Gasteiger partial charge in [-0.05, 0) is 11.1 Å². The molecule has 0 radical (unpaired) electrons. The highest BCUT2D eigenvalue weighted by Crippen LogP contribution is 2.28. The predicted octanol–water partition coefficient (Wildman–Crippen LogP) is 5.29. The number of H-pyrrole nitrogens is 2. The van der Waals surface area contributed by atoms with E-state index >= 15 is 0 Å². The third-order valence-electron chi connectivity index (χ3n) is 5.79. The number of carboxylic acids is 2. The zero-order chi connectivity index (χ0) is 24.2. The number of nitrogens with one attached hydrogen (secondary N) is 2. The summed E-state index contributed by atoms with van der Waals surface area (Å²) in [5, 5.41) is 17.9. The number of aromatic amines is 2. The fraction of sp³-hybridized carbons (Fsp3) is 0.231. The average Bonchev–Trinajstić information content (AvgIpc) is 3.49. The second kappa shape index (κ2) is 9.74. The van der Waals surface area contributed by atoms with E-state index in [-0.39, 0.29) is 24.7 Å². The van der Waals surface area contributed by atoms with Crippen LogP contribution >= 0.6 is 0 Å². The zero-order valence-corrected chi connectivity index (χ0v) is 18.9. The van der Waals surface area contributed by atoms with Gasteiger partial charge in [-0.2, -0.15) is 0 Å². The minimum Gasteiger partial charge on any atom is -0.481 e. The zero-order valence-electron chi connectivity index (χ0n) is 18.9. The number of hydrogen-bond acceptors (Lipinski definition) is 4. The van der Waals surface area contributed by atoms with Crippen molar-refractivity contribution in [2.45, 2.75) is 38.5 Å². The number of aliphatic carboxylic acids is 2. The second-order valence-electron chi connectivity index (χ2n) is 8.49. The molecule has 0 saturated heterocycles. The fourth-order valence-corrected chi connectivity index (χ4v) is 3.86. The number of benzene rings is 2. The Labute approximate surface area is 196 Å². The van der Waals surface area contributed by atoms with Gasteiger partial charge in [-0.25, -0.2) is 9.97 Å². The van der Waals surface area contributed by atoms with E-state index in [1.54, 1.807) is 12.4 Å². The predicted molar refractivity (Wildman–Crippen MR) is 128 cm³/mol. The standard InChI is InChI=1S/C26H26N4O4/c1-15(11-23(31)32)25-27-13-21(29-25)19-7-3-17(4-8-19)18-5-9-20(10-6-18)22-14-28-26(30-22)16(2)12-24(33)34/h3-10,13-16H,11-12H2,1-2H3,(H,27,29)(H,28,30)(H,31,32)(H,33,34)/t15-,16-/m1/s1. The molecule has 2 atom stereocenters. The Morgan fingerprint density at radius 1 is 0.676 bits per heavy atom. The lowest BCUT2D eigenvalue weighted by atomic mass is 10.0. The third kappa shape index (κ3) is 5.23. The van der Waals surface area contributed by atoms with E-state index in [9.17, 15) is 9.59 Å². The van der Waals surface area contributed by atoms with Crippen molar-refractivity contribution in [3.63, 3.8) is 0 Å². The maximum absolute atomic E-state index is 10.9. The Bertz CT molecular complexity index is 1190. The summed E-state index contributed by atoms with van der Waals surface area (Å²) >= 11 is 0. The molecule has 0 unspecified atom stereocenters. The number of carbonyl (C=O) groups is 2. The number of nitrogens with zero attached hydrogens (tertiary/aromatic N) is 2. The first-order chi connectivity index (χ1) is 16.3. The van der Waals surface area contributed by atoms with Gasteiger partial charge >= 0.3 is 11.9 Å². The minimum atomic E-state index is -0.846. The summed E-state index contributed by atoms with van der Waals surface area (Å²) < 4.78 is 0. The highest BCUT2D eigenvalue weighted by molar-refractivity contribution is 5.72. The molecular weight excluding hydrogens is 432 g/mol. The summed E-state index contributed by atoms with van der Waals surface area (Å²) in [5.41, 5.74) is 5.57. The van der Waals surface area contributed by atoms with Crippen molar-refractivity contribution in [2.75, 3.05) is 0 Å². The largest absolute Gasteiger partial charge is 0.481 e. The van der Waals surface area contributed by atoms with Gasteiger partial charge < -0.3 is 20.2 Å². The van der Waals surface area contributed by atoms with Crippen LogP contribution in [0, 0.1) is 0 Å². The van der Waals surface area contributed by atoms with E-state index in [4.69, 9.17) is 10.2 Å². The summed E-state index contributed by atoms with van der Waals surface area (Å²) in [6, 6.07) is 16.1. The molecule has 2 aromatic heterocycles. The minimum absolute atomic E-state index is 0.0306. The van der Waals surface area contributed by atoms with Crippen LogP contribution in [0.25, 0.3) is 33.6 Å². The summed E-state index contributed by atoms with van der Waals surface area (Å²) in [6.45, 7) is 3.67. The quantitative estimate of drug-likeness (QED) is 0.269. The molecule has 2 aromatic carbocycles. The van der Waals surface area contributed by atoms with Gasteiger partial charge in [0.25, 0.3) is 0 Å². The Kier molecular flexibility index (Phi) is 6.58. The lowest BCUT2D eigenvalue weighted by Gasteiger charge is -2.06. The van der Waals surface area contributed by atoms with Crippen LogP contribution < -0.4 is 0 Å². The SMILES string of the molecule is C[C@H](CC(=O)O)c1nc(-c2ccc(-c3ccc(-c4c[nH]c([C@H](C)CC(=O)O)n4)cc3)cc2)c[nH]1. The van der Waals surface area contributed by atoms with Crippen molar-refractivity contribution in [1.29, 1.82) is 0 Å². The molecule has 0 aliphatic rings. The van der Waals surface area contributed by atoms with Gasteiger partial charge in [0, 0.05) is 35.4 Å². The number of hydrogen-bond donors (Lipinski definition) is 4. The van der Waals surface area contributed by atoms with Gasteiger partial charge in [-0.3, -0.25) is 9.59 Å². The molecule has 0 amide bonds. The van der Waals surface area contributed by atoms with Crippen LogP contribution in [-0.4, -0.2) is 42.1 Å². The number of rotatable bonds is 9. The molecule has 0 spiro atoms. The Morgan fingerprint density at radius 2 is 1.00 bits per heavy atom. The molecule has 4 rings (SSSR count). The van der Waals surface area contributed by atoms with Crippen LogP contribution in [0.1, 0.15) is 50.2 Å². The maximum atomic E-state index is 10.9. The molecule has 0 aliphatic heterocycles. The van der Waals surface area contributed by atoms with Crippen molar-refractivity contribution in [2.24, 2.45) is 0 Å². The van der Waals surface area contributed by atoms with Gasteiger partial charge in [-0.1, -0.05) is 62.4 Å². The summed E-state index contributed by atoms with van der Waals surface area (Å²) in [5.74, 6) is -0.737. The molecule has 4 N–H and O–H groups in total. The Balaban J connectivity index is 1.46. The normalized spacial score (nSPS) is 12.9. The first-order valence-corrected chi connectivity index (χ1v) is 11.1. The monoisotopic (exact) mass is 458 g/mol. The van der Waals surface area contributed by atoms with E-state index in [1.165, 1.54) is 0 Å².